The summed E-state index contributed by atoms with van der Waals surface area (Å²) in [6, 6.07) is 10.4. The standard InChI is InChI=1S/C16H26N2O.ClH/c1-15(2,17)11-18-10-6-9-16(12-18,13-19)14-7-4-3-5-8-14;/h3-5,7-8,19H,6,9-13,17H2,1-2H3;1H. The minimum Gasteiger partial charge on any atom is -0.395 e. The average molecular weight is 299 g/mol. The number of nitrogens with zero attached hydrogens (tertiary/aromatic N) is 1. The van der Waals surface area contributed by atoms with E-state index in [-0.39, 0.29) is 30.0 Å². The minimum absolute atomic E-state index is 0. The summed E-state index contributed by atoms with van der Waals surface area (Å²) in [5, 5.41) is 9.95. The van der Waals surface area contributed by atoms with Gasteiger partial charge in [-0.1, -0.05) is 30.3 Å². The SMILES string of the molecule is CC(C)(N)CN1CCCC(CO)(c2ccccc2)C1.Cl. The van der Waals surface area contributed by atoms with E-state index >= 15 is 0 Å². The predicted octanol–water partition coefficient (Wildman–Crippen LogP) is 2.17. The number of aliphatic hydroxyl groups is 1. The molecule has 0 amide bonds. The molecule has 2 rings (SSSR count). The Kier molecular flexibility index (Phi) is 6.02. The number of nitrogens with two attached hydrogens (primary N) is 1. The highest BCUT2D eigenvalue weighted by atomic mass is 35.5. The van der Waals surface area contributed by atoms with Crippen LogP contribution in [0.4, 0.5) is 0 Å². The third kappa shape index (κ3) is 4.19. The molecule has 0 saturated carbocycles. The molecule has 0 aliphatic carbocycles. The number of hydrogen-bond acceptors (Lipinski definition) is 3. The van der Waals surface area contributed by atoms with Gasteiger partial charge >= 0.3 is 0 Å². The Bertz CT molecular complexity index is 405. The van der Waals surface area contributed by atoms with Gasteiger partial charge in [0.2, 0.25) is 0 Å². The molecule has 1 fully saturated rings. The van der Waals surface area contributed by atoms with Gasteiger partial charge in [0.1, 0.15) is 0 Å². The number of likely N-dealkylation sites (tertiary alicyclic amines) is 1. The molecule has 1 saturated heterocycles. The number of rotatable bonds is 4. The van der Waals surface area contributed by atoms with Crippen molar-refractivity contribution in [1.29, 1.82) is 0 Å². The molecular weight excluding hydrogens is 272 g/mol. The third-order valence-corrected chi connectivity index (χ3v) is 3.98. The molecule has 20 heavy (non-hydrogen) atoms. The second kappa shape index (κ2) is 6.90. The third-order valence-electron chi connectivity index (χ3n) is 3.98. The van der Waals surface area contributed by atoms with Crippen molar-refractivity contribution in [3.63, 3.8) is 0 Å². The molecule has 1 aliphatic rings. The van der Waals surface area contributed by atoms with Crippen molar-refractivity contribution in [3.05, 3.63) is 35.9 Å². The molecule has 1 unspecified atom stereocenters. The zero-order chi connectivity index (χ0) is 13.9. The first-order valence-corrected chi connectivity index (χ1v) is 7.13. The molecule has 1 atom stereocenters. The fourth-order valence-electron chi connectivity index (χ4n) is 3.19. The summed E-state index contributed by atoms with van der Waals surface area (Å²) < 4.78 is 0. The second-order valence-electron chi connectivity index (χ2n) is 6.61. The maximum atomic E-state index is 9.95. The lowest BCUT2D eigenvalue weighted by Crippen LogP contribution is -2.54. The van der Waals surface area contributed by atoms with Crippen molar-refractivity contribution in [1.82, 2.24) is 4.90 Å². The maximum Gasteiger partial charge on any atom is 0.0540 e. The van der Waals surface area contributed by atoms with Crippen LogP contribution in [0.2, 0.25) is 0 Å². The topological polar surface area (TPSA) is 49.5 Å². The van der Waals surface area contributed by atoms with E-state index in [4.69, 9.17) is 5.73 Å². The fourth-order valence-corrected chi connectivity index (χ4v) is 3.19. The van der Waals surface area contributed by atoms with Gasteiger partial charge in [0.15, 0.2) is 0 Å². The Morgan fingerprint density at radius 2 is 1.95 bits per heavy atom. The first-order chi connectivity index (χ1) is 8.95. The zero-order valence-electron chi connectivity index (χ0n) is 12.5. The molecule has 1 heterocycles. The largest absolute Gasteiger partial charge is 0.395 e. The van der Waals surface area contributed by atoms with Crippen LogP contribution in [-0.2, 0) is 5.41 Å². The Hall–Kier alpha value is -0.610. The second-order valence-corrected chi connectivity index (χ2v) is 6.61. The molecule has 4 heteroatoms. The normalized spacial score (nSPS) is 24.2. The van der Waals surface area contributed by atoms with E-state index in [1.165, 1.54) is 5.56 Å². The van der Waals surface area contributed by atoms with Gasteiger partial charge in [0.05, 0.1) is 6.61 Å². The first kappa shape index (κ1) is 17.4. The molecule has 3 nitrogen and oxygen atoms in total. The Morgan fingerprint density at radius 3 is 2.50 bits per heavy atom. The van der Waals surface area contributed by atoms with E-state index in [9.17, 15) is 5.11 Å². The molecule has 1 aliphatic heterocycles. The highest BCUT2D eigenvalue weighted by Gasteiger charge is 2.37. The van der Waals surface area contributed by atoms with Gasteiger partial charge in [-0.2, -0.15) is 0 Å². The van der Waals surface area contributed by atoms with Crippen LogP contribution in [0.15, 0.2) is 30.3 Å². The van der Waals surface area contributed by atoms with Gasteiger partial charge in [-0.25, -0.2) is 0 Å². The van der Waals surface area contributed by atoms with E-state index in [0.717, 1.165) is 32.5 Å². The number of piperidine rings is 1. The van der Waals surface area contributed by atoms with Crippen molar-refractivity contribution < 1.29 is 5.11 Å². The monoisotopic (exact) mass is 298 g/mol. The highest BCUT2D eigenvalue weighted by molar-refractivity contribution is 5.85. The number of hydrogen-bond donors (Lipinski definition) is 2. The summed E-state index contributed by atoms with van der Waals surface area (Å²) in [5.74, 6) is 0. The fraction of sp³-hybridized carbons (Fsp3) is 0.625. The van der Waals surface area contributed by atoms with Gasteiger partial charge in [-0.3, -0.25) is 0 Å². The number of halogens is 1. The van der Waals surface area contributed by atoms with E-state index in [1.807, 2.05) is 6.07 Å². The van der Waals surface area contributed by atoms with Crippen molar-refractivity contribution >= 4 is 12.4 Å². The molecular formula is C16H27ClN2O. The molecule has 1 aromatic carbocycles. The van der Waals surface area contributed by atoms with Crippen LogP contribution >= 0.6 is 12.4 Å². The molecule has 0 bridgehead atoms. The highest BCUT2D eigenvalue weighted by Crippen LogP contribution is 2.34. The van der Waals surface area contributed by atoms with Crippen LogP contribution in [0.25, 0.3) is 0 Å². The molecule has 1 aromatic rings. The van der Waals surface area contributed by atoms with Gasteiger partial charge < -0.3 is 15.7 Å². The summed E-state index contributed by atoms with van der Waals surface area (Å²) in [5.41, 5.74) is 7.07. The van der Waals surface area contributed by atoms with Crippen LogP contribution in [0.3, 0.4) is 0 Å². The van der Waals surface area contributed by atoms with Crippen molar-refractivity contribution in [3.8, 4) is 0 Å². The van der Waals surface area contributed by atoms with Crippen molar-refractivity contribution in [2.45, 2.75) is 37.6 Å². The van der Waals surface area contributed by atoms with Gasteiger partial charge in [0.25, 0.3) is 0 Å². The molecule has 0 aromatic heterocycles. The lowest BCUT2D eigenvalue weighted by atomic mass is 9.74. The molecule has 0 spiro atoms. The van der Waals surface area contributed by atoms with Crippen molar-refractivity contribution in [2.75, 3.05) is 26.2 Å². The first-order valence-electron chi connectivity index (χ1n) is 7.13. The van der Waals surface area contributed by atoms with Crippen LogP contribution in [0, 0.1) is 0 Å². The van der Waals surface area contributed by atoms with Gasteiger partial charge in [0, 0.05) is 24.0 Å². The summed E-state index contributed by atoms with van der Waals surface area (Å²) >= 11 is 0. The van der Waals surface area contributed by atoms with E-state index in [1.54, 1.807) is 0 Å². The smallest absolute Gasteiger partial charge is 0.0540 e. The average Bonchev–Trinajstić information content (AvgIpc) is 2.38. The van der Waals surface area contributed by atoms with Crippen LogP contribution in [-0.4, -0.2) is 41.8 Å². The predicted molar refractivity (Wildman–Crippen MR) is 86.4 cm³/mol. The van der Waals surface area contributed by atoms with E-state index in [0.29, 0.717) is 0 Å². The Balaban J connectivity index is 0.00000200. The van der Waals surface area contributed by atoms with Crippen LogP contribution in [0.1, 0.15) is 32.3 Å². The van der Waals surface area contributed by atoms with E-state index < -0.39 is 0 Å². The Morgan fingerprint density at radius 1 is 1.30 bits per heavy atom. The quantitative estimate of drug-likeness (QED) is 0.896. The van der Waals surface area contributed by atoms with Gasteiger partial charge in [-0.15, -0.1) is 12.4 Å². The maximum absolute atomic E-state index is 9.95. The molecule has 3 N–H and O–H groups in total. The van der Waals surface area contributed by atoms with Crippen LogP contribution < -0.4 is 5.73 Å². The summed E-state index contributed by atoms with van der Waals surface area (Å²) in [4.78, 5) is 2.40. The van der Waals surface area contributed by atoms with Gasteiger partial charge in [-0.05, 0) is 38.8 Å². The van der Waals surface area contributed by atoms with Crippen molar-refractivity contribution in [2.24, 2.45) is 5.73 Å². The number of aliphatic hydroxyl groups excluding tert-OH is 1. The summed E-state index contributed by atoms with van der Waals surface area (Å²) in [6.07, 6.45) is 2.17. The van der Waals surface area contributed by atoms with E-state index in [2.05, 4.69) is 43.0 Å². The molecule has 0 radical (unpaired) electrons. The summed E-state index contributed by atoms with van der Waals surface area (Å²) in [7, 11) is 0. The number of benzene rings is 1. The summed E-state index contributed by atoms with van der Waals surface area (Å²) in [6.45, 7) is 7.18. The minimum atomic E-state index is -0.185. The lowest BCUT2D eigenvalue weighted by Gasteiger charge is -2.44. The Labute approximate surface area is 128 Å². The lowest BCUT2D eigenvalue weighted by molar-refractivity contribution is 0.0784. The molecule has 114 valence electrons. The van der Waals surface area contributed by atoms with Crippen LogP contribution in [0.5, 0.6) is 0 Å². The zero-order valence-corrected chi connectivity index (χ0v) is 13.3.